The third-order valence-electron chi connectivity index (χ3n) is 4.75. The monoisotopic (exact) mass is 376 g/mol. The molecule has 0 saturated carbocycles. The molecule has 1 fully saturated rings. The molecule has 2 heterocycles. The predicted molar refractivity (Wildman–Crippen MR) is 101 cm³/mol. The van der Waals surface area contributed by atoms with Gasteiger partial charge in [-0.25, -0.2) is 0 Å². The molecule has 132 valence electrons. The van der Waals surface area contributed by atoms with Crippen LogP contribution in [0.4, 0.5) is 5.00 Å². The van der Waals surface area contributed by atoms with Gasteiger partial charge in [-0.1, -0.05) is 23.7 Å². The van der Waals surface area contributed by atoms with Gasteiger partial charge in [0.25, 0.3) is 0 Å². The number of nitriles is 1. The summed E-state index contributed by atoms with van der Waals surface area (Å²) in [4.78, 5) is 2.41. The van der Waals surface area contributed by atoms with Crippen molar-refractivity contribution in [2.45, 2.75) is 18.9 Å². The molecule has 5 nitrogen and oxygen atoms in total. The van der Waals surface area contributed by atoms with Gasteiger partial charge < -0.3 is 10.1 Å². The Morgan fingerprint density at radius 1 is 1.44 bits per heavy atom. The first kappa shape index (κ1) is 18.0. The summed E-state index contributed by atoms with van der Waals surface area (Å²) in [5.74, 6) is 1.31. The van der Waals surface area contributed by atoms with Crippen LogP contribution in [-0.2, 0) is 0 Å². The number of likely N-dealkylation sites (tertiary alicyclic amines) is 1. The van der Waals surface area contributed by atoms with Gasteiger partial charge in [0.15, 0.2) is 5.15 Å². The minimum Gasteiger partial charge on any atom is -0.497 e. The van der Waals surface area contributed by atoms with Gasteiger partial charge in [-0.2, -0.15) is 9.64 Å². The summed E-state index contributed by atoms with van der Waals surface area (Å²) in [5.41, 5.74) is 1.73. The summed E-state index contributed by atoms with van der Waals surface area (Å²) in [6.07, 6.45) is 2.31. The number of aromatic nitrogens is 1. The maximum Gasteiger partial charge on any atom is 0.162 e. The Hall–Kier alpha value is -1.81. The van der Waals surface area contributed by atoms with E-state index < -0.39 is 0 Å². The highest BCUT2D eigenvalue weighted by Gasteiger charge is 2.30. The molecule has 1 aliphatic heterocycles. The molecule has 1 N–H and O–H groups in total. The second-order valence-corrected chi connectivity index (χ2v) is 7.40. The lowest BCUT2D eigenvalue weighted by molar-refractivity contribution is 0.128. The molecule has 0 radical (unpaired) electrons. The first-order valence-corrected chi connectivity index (χ1v) is 9.42. The van der Waals surface area contributed by atoms with Gasteiger partial charge in [0.1, 0.15) is 22.4 Å². The first-order chi connectivity index (χ1) is 12.1. The van der Waals surface area contributed by atoms with Gasteiger partial charge in [-0.15, -0.1) is 0 Å². The van der Waals surface area contributed by atoms with Crippen LogP contribution in [0.5, 0.6) is 5.75 Å². The van der Waals surface area contributed by atoms with E-state index in [0.29, 0.717) is 17.5 Å². The Balaban J connectivity index is 1.76. The second kappa shape index (κ2) is 8.05. The molecule has 1 aromatic heterocycles. The lowest BCUT2D eigenvalue weighted by atomic mass is 9.85. The van der Waals surface area contributed by atoms with Crippen molar-refractivity contribution in [3.63, 3.8) is 0 Å². The zero-order valence-electron chi connectivity index (χ0n) is 14.3. The molecule has 0 bridgehead atoms. The van der Waals surface area contributed by atoms with Gasteiger partial charge in [-0.05, 0) is 61.6 Å². The minimum atomic E-state index is 0.280. The topological polar surface area (TPSA) is 61.2 Å². The molecule has 2 aromatic rings. The summed E-state index contributed by atoms with van der Waals surface area (Å²) < 4.78 is 9.33. The molecule has 1 aromatic carbocycles. The number of anilines is 1. The first-order valence-electron chi connectivity index (χ1n) is 8.27. The maximum atomic E-state index is 9.22. The van der Waals surface area contributed by atoms with Gasteiger partial charge in [0.05, 0.1) is 7.11 Å². The molecule has 2 unspecified atom stereocenters. The number of ether oxygens (including phenoxy) is 1. The van der Waals surface area contributed by atoms with Crippen molar-refractivity contribution in [2.75, 3.05) is 32.6 Å². The number of nitrogens with one attached hydrogen (secondary N) is 1. The molecule has 25 heavy (non-hydrogen) atoms. The lowest BCUT2D eigenvalue weighted by Gasteiger charge is -2.39. The molecular weight excluding hydrogens is 356 g/mol. The zero-order chi connectivity index (χ0) is 17.8. The number of hydrogen-bond acceptors (Lipinski definition) is 6. The average Bonchev–Trinajstić information content (AvgIpc) is 3.00. The third-order valence-corrected chi connectivity index (χ3v) is 5.93. The SMILES string of the molecule is COc1ccc(C2C(CNc3snc(Cl)c3C#N)CCCN2C)cc1. The summed E-state index contributed by atoms with van der Waals surface area (Å²) >= 11 is 7.21. The number of nitrogens with zero attached hydrogens (tertiary/aromatic N) is 3. The Bertz CT molecular complexity index is 755. The summed E-state index contributed by atoms with van der Waals surface area (Å²) in [6.45, 7) is 1.87. The number of rotatable bonds is 5. The van der Waals surface area contributed by atoms with Crippen molar-refractivity contribution in [3.8, 4) is 11.8 Å². The van der Waals surface area contributed by atoms with E-state index in [-0.39, 0.29) is 5.15 Å². The van der Waals surface area contributed by atoms with Crippen molar-refractivity contribution in [3.05, 3.63) is 40.5 Å². The van der Waals surface area contributed by atoms with Crippen molar-refractivity contribution in [2.24, 2.45) is 5.92 Å². The fraction of sp³-hybridized carbons (Fsp3) is 0.444. The number of halogens is 1. The van der Waals surface area contributed by atoms with Gasteiger partial charge >= 0.3 is 0 Å². The van der Waals surface area contributed by atoms with Crippen molar-refractivity contribution >= 4 is 28.1 Å². The van der Waals surface area contributed by atoms with E-state index in [0.717, 1.165) is 30.3 Å². The Kier molecular flexibility index (Phi) is 5.79. The molecule has 3 rings (SSSR count). The van der Waals surface area contributed by atoms with Crippen LogP contribution in [0, 0.1) is 17.2 Å². The van der Waals surface area contributed by atoms with Crippen LogP contribution in [0.2, 0.25) is 5.15 Å². The van der Waals surface area contributed by atoms with Crippen molar-refractivity contribution in [1.29, 1.82) is 5.26 Å². The highest BCUT2D eigenvalue weighted by molar-refractivity contribution is 7.10. The normalized spacial score (nSPS) is 20.9. The predicted octanol–water partition coefficient (Wildman–Crippen LogP) is 4.17. The average molecular weight is 377 g/mol. The smallest absolute Gasteiger partial charge is 0.162 e. The van der Waals surface area contributed by atoms with Crippen LogP contribution in [0.3, 0.4) is 0 Å². The van der Waals surface area contributed by atoms with Crippen LogP contribution in [0.25, 0.3) is 0 Å². The quantitative estimate of drug-likeness (QED) is 0.848. The van der Waals surface area contributed by atoms with E-state index in [9.17, 15) is 5.26 Å². The maximum absolute atomic E-state index is 9.22. The number of hydrogen-bond donors (Lipinski definition) is 1. The van der Waals surface area contributed by atoms with Gasteiger partial charge in [0.2, 0.25) is 0 Å². The minimum absolute atomic E-state index is 0.280. The number of piperidine rings is 1. The molecule has 1 saturated heterocycles. The van der Waals surface area contributed by atoms with E-state index in [1.54, 1.807) is 7.11 Å². The van der Waals surface area contributed by atoms with Crippen LogP contribution in [-0.4, -0.2) is 36.5 Å². The number of benzene rings is 1. The fourth-order valence-corrected chi connectivity index (χ4v) is 4.45. The van der Waals surface area contributed by atoms with E-state index in [1.165, 1.54) is 23.5 Å². The molecule has 1 aliphatic rings. The molecule has 0 spiro atoms. The zero-order valence-corrected chi connectivity index (χ0v) is 15.9. The van der Waals surface area contributed by atoms with Crippen LogP contribution < -0.4 is 10.1 Å². The molecule has 7 heteroatoms. The Morgan fingerprint density at radius 2 is 2.20 bits per heavy atom. The molecular formula is C18H21ClN4OS. The van der Waals surface area contributed by atoms with Gasteiger partial charge in [0, 0.05) is 12.6 Å². The molecule has 2 atom stereocenters. The van der Waals surface area contributed by atoms with Crippen LogP contribution in [0.15, 0.2) is 24.3 Å². The van der Waals surface area contributed by atoms with Crippen molar-refractivity contribution in [1.82, 2.24) is 9.27 Å². The van der Waals surface area contributed by atoms with E-state index in [1.807, 2.05) is 12.1 Å². The largest absolute Gasteiger partial charge is 0.497 e. The van der Waals surface area contributed by atoms with E-state index in [2.05, 4.69) is 39.8 Å². The van der Waals surface area contributed by atoms with Crippen LogP contribution >= 0.6 is 23.1 Å². The van der Waals surface area contributed by atoms with E-state index >= 15 is 0 Å². The summed E-state index contributed by atoms with van der Waals surface area (Å²) in [6, 6.07) is 10.8. The highest BCUT2D eigenvalue weighted by atomic mass is 35.5. The Morgan fingerprint density at radius 3 is 2.88 bits per heavy atom. The Labute approximate surface area is 157 Å². The third kappa shape index (κ3) is 3.90. The van der Waals surface area contributed by atoms with Crippen molar-refractivity contribution < 1.29 is 4.74 Å². The molecule has 0 aliphatic carbocycles. The number of methoxy groups -OCH3 is 1. The summed E-state index contributed by atoms with van der Waals surface area (Å²) in [7, 11) is 3.85. The fourth-order valence-electron chi connectivity index (χ4n) is 3.51. The van der Waals surface area contributed by atoms with E-state index in [4.69, 9.17) is 16.3 Å². The highest BCUT2D eigenvalue weighted by Crippen LogP contribution is 2.36. The standard InChI is InChI=1S/C18H21ClN4OS/c1-23-9-3-4-13(11-21-18-15(10-20)17(19)22-25-18)16(23)12-5-7-14(24-2)8-6-12/h5-8,13,16,21H,3-4,9,11H2,1-2H3. The van der Waals surface area contributed by atoms with Gasteiger partial charge in [-0.3, -0.25) is 4.90 Å². The second-order valence-electron chi connectivity index (χ2n) is 6.27. The van der Waals surface area contributed by atoms with Crippen LogP contribution in [0.1, 0.15) is 30.0 Å². The molecule has 0 amide bonds. The lowest BCUT2D eigenvalue weighted by Crippen LogP contribution is -2.38. The summed E-state index contributed by atoms with van der Waals surface area (Å²) in [5, 5.41) is 13.7.